The number of benzene rings is 1. The van der Waals surface area contributed by atoms with Crippen molar-refractivity contribution >= 4 is 15.7 Å². The summed E-state index contributed by atoms with van der Waals surface area (Å²) in [7, 11) is -3.16. The van der Waals surface area contributed by atoms with Gasteiger partial charge in [-0.1, -0.05) is 36.4 Å². The second-order valence-corrected chi connectivity index (χ2v) is 7.50. The van der Waals surface area contributed by atoms with Crippen molar-refractivity contribution in [3.05, 3.63) is 48.6 Å². The van der Waals surface area contributed by atoms with Crippen LogP contribution >= 0.6 is 0 Å². The number of carbonyl (C=O) groups excluding carboxylic acids is 1. The molecule has 1 atom stereocenters. The third-order valence-electron chi connectivity index (χ3n) is 3.22. The second-order valence-electron chi connectivity index (χ2n) is 5.31. The maximum Gasteiger partial charge on any atom is 0.248 e. The summed E-state index contributed by atoms with van der Waals surface area (Å²) in [5.41, 5.74) is 0.778. The van der Waals surface area contributed by atoms with Crippen LogP contribution in [0.1, 0.15) is 25.3 Å². The Balaban J connectivity index is 2.25. The maximum atomic E-state index is 12.0. The van der Waals surface area contributed by atoms with Crippen molar-refractivity contribution in [2.24, 2.45) is 0 Å². The molecule has 0 aliphatic carbocycles. The predicted octanol–water partition coefficient (Wildman–Crippen LogP) is 2.09. The van der Waals surface area contributed by atoms with Gasteiger partial charge in [0.15, 0.2) is 9.84 Å². The van der Waals surface area contributed by atoms with Crippen LogP contribution in [0.4, 0.5) is 0 Å². The third-order valence-corrected chi connectivity index (χ3v) is 4.90. The molecule has 0 saturated carbocycles. The number of hydrogen-bond acceptors (Lipinski definition) is 4. The number of carbonyl (C=O) groups is 1. The minimum absolute atomic E-state index is 0.0306. The fraction of sp³-hybridized carbons (Fsp3) is 0.471. The van der Waals surface area contributed by atoms with E-state index in [-0.39, 0.29) is 17.4 Å². The largest absolute Gasteiger partial charge is 0.368 e. The summed E-state index contributed by atoms with van der Waals surface area (Å²) in [6.45, 7) is 6.02. The van der Waals surface area contributed by atoms with E-state index in [2.05, 4.69) is 11.9 Å². The van der Waals surface area contributed by atoms with E-state index in [0.29, 0.717) is 26.0 Å². The van der Waals surface area contributed by atoms with Gasteiger partial charge in [-0.15, -0.1) is 6.58 Å². The van der Waals surface area contributed by atoms with Gasteiger partial charge in [0.1, 0.15) is 6.10 Å². The Morgan fingerprint density at radius 2 is 2.04 bits per heavy atom. The lowest BCUT2D eigenvalue weighted by molar-refractivity contribution is -0.131. The Hall–Kier alpha value is -1.66. The molecule has 0 aliphatic rings. The van der Waals surface area contributed by atoms with Crippen LogP contribution in [0, 0.1) is 0 Å². The molecule has 1 N–H and O–H groups in total. The van der Waals surface area contributed by atoms with Gasteiger partial charge in [0.05, 0.1) is 18.1 Å². The van der Waals surface area contributed by atoms with Crippen molar-refractivity contribution < 1.29 is 17.9 Å². The van der Waals surface area contributed by atoms with Crippen molar-refractivity contribution in [2.75, 3.05) is 18.9 Å². The first-order valence-electron chi connectivity index (χ1n) is 7.69. The van der Waals surface area contributed by atoms with Gasteiger partial charge in [0, 0.05) is 6.54 Å². The smallest absolute Gasteiger partial charge is 0.248 e. The van der Waals surface area contributed by atoms with Crippen molar-refractivity contribution in [1.82, 2.24) is 5.32 Å². The normalized spacial score (nSPS) is 12.6. The number of ether oxygens (including phenoxy) is 1. The summed E-state index contributed by atoms with van der Waals surface area (Å²) in [4.78, 5) is 11.7. The molecule has 0 saturated heterocycles. The summed E-state index contributed by atoms with van der Waals surface area (Å²) in [5.74, 6) is -0.147. The van der Waals surface area contributed by atoms with Gasteiger partial charge >= 0.3 is 0 Å². The van der Waals surface area contributed by atoms with E-state index in [1.54, 1.807) is 25.1 Å². The van der Waals surface area contributed by atoms with E-state index >= 15 is 0 Å². The van der Waals surface area contributed by atoms with Gasteiger partial charge in [0.2, 0.25) is 5.91 Å². The molecule has 0 radical (unpaired) electrons. The first-order valence-corrected chi connectivity index (χ1v) is 9.51. The summed E-state index contributed by atoms with van der Waals surface area (Å²) in [6, 6.07) is 9.07. The van der Waals surface area contributed by atoms with Crippen LogP contribution in [0.3, 0.4) is 0 Å². The van der Waals surface area contributed by atoms with Crippen LogP contribution in [0.25, 0.3) is 0 Å². The van der Waals surface area contributed by atoms with E-state index in [1.807, 2.05) is 18.2 Å². The monoisotopic (exact) mass is 339 g/mol. The minimum Gasteiger partial charge on any atom is -0.368 e. The number of nitrogens with one attached hydrogen (secondary N) is 1. The quantitative estimate of drug-likeness (QED) is 0.495. The zero-order valence-electron chi connectivity index (χ0n) is 13.5. The van der Waals surface area contributed by atoms with E-state index in [9.17, 15) is 13.2 Å². The van der Waals surface area contributed by atoms with Crippen LogP contribution in [0.5, 0.6) is 0 Å². The third kappa shape index (κ3) is 8.52. The molecular weight excluding hydrogens is 314 g/mol. The van der Waals surface area contributed by atoms with Crippen molar-refractivity contribution in [2.45, 2.75) is 31.6 Å². The highest BCUT2D eigenvalue weighted by atomic mass is 32.2. The van der Waals surface area contributed by atoms with Crippen LogP contribution in [0.2, 0.25) is 0 Å². The molecule has 1 amide bonds. The van der Waals surface area contributed by atoms with Gasteiger partial charge in [-0.25, -0.2) is 8.42 Å². The molecule has 1 unspecified atom stereocenters. The lowest BCUT2D eigenvalue weighted by Crippen LogP contribution is -2.35. The van der Waals surface area contributed by atoms with Gasteiger partial charge in [-0.2, -0.15) is 0 Å². The van der Waals surface area contributed by atoms with Crippen LogP contribution in [0.15, 0.2) is 43.0 Å². The SMILES string of the molecule is C=CCCOC(C)C(=O)NCCCS(=O)(=O)Cc1ccccc1. The molecule has 1 aromatic rings. The molecule has 1 aromatic carbocycles. The number of rotatable bonds is 11. The van der Waals surface area contributed by atoms with Crippen LogP contribution in [-0.4, -0.2) is 39.3 Å². The highest BCUT2D eigenvalue weighted by Crippen LogP contribution is 2.07. The van der Waals surface area contributed by atoms with Gasteiger partial charge in [-0.3, -0.25) is 4.79 Å². The fourth-order valence-corrected chi connectivity index (χ4v) is 3.38. The molecule has 0 aromatic heterocycles. The molecule has 0 heterocycles. The molecule has 1 rings (SSSR count). The molecule has 6 heteroatoms. The molecule has 0 bridgehead atoms. The number of sulfone groups is 1. The van der Waals surface area contributed by atoms with Gasteiger partial charge in [-0.05, 0) is 25.3 Å². The van der Waals surface area contributed by atoms with E-state index in [0.717, 1.165) is 5.56 Å². The second kappa shape index (κ2) is 10.2. The summed E-state index contributed by atoms with van der Waals surface area (Å²) in [6.07, 6.45) is 2.26. The zero-order valence-corrected chi connectivity index (χ0v) is 14.3. The van der Waals surface area contributed by atoms with Crippen molar-refractivity contribution in [3.63, 3.8) is 0 Å². The van der Waals surface area contributed by atoms with Crippen LogP contribution in [-0.2, 0) is 25.1 Å². The molecule has 23 heavy (non-hydrogen) atoms. The average Bonchev–Trinajstić information content (AvgIpc) is 2.52. The molecule has 5 nitrogen and oxygen atoms in total. The Morgan fingerprint density at radius 3 is 2.70 bits per heavy atom. The molecule has 0 aliphatic heterocycles. The van der Waals surface area contributed by atoms with Gasteiger partial charge in [0.25, 0.3) is 0 Å². The minimum atomic E-state index is -3.16. The van der Waals surface area contributed by atoms with Crippen LogP contribution < -0.4 is 5.32 Å². The molecule has 128 valence electrons. The maximum absolute atomic E-state index is 12.0. The average molecular weight is 339 g/mol. The zero-order chi connectivity index (χ0) is 17.1. The molecule has 0 spiro atoms. The Labute approximate surface area is 138 Å². The topological polar surface area (TPSA) is 72.5 Å². The summed E-state index contributed by atoms with van der Waals surface area (Å²) in [5, 5.41) is 2.69. The lowest BCUT2D eigenvalue weighted by Gasteiger charge is -2.12. The Bertz CT molecular complexity index is 584. The Morgan fingerprint density at radius 1 is 1.35 bits per heavy atom. The number of amides is 1. The summed E-state index contributed by atoms with van der Waals surface area (Å²) >= 11 is 0. The standard InChI is InChI=1S/C17H25NO4S/c1-3-4-12-22-15(2)17(19)18-11-8-13-23(20,21)14-16-9-6-5-7-10-16/h3,5-7,9-10,15H,1,4,8,11-14H2,2H3,(H,18,19). The van der Waals surface area contributed by atoms with Gasteiger partial charge < -0.3 is 10.1 Å². The van der Waals surface area contributed by atoms with Crippen molar-refractivity contribution in [1.29, 1.82) is 0 Å². The predicted molar refractivity (Wildman–Crippen MR) is 91.8 cm³/mol. The number of hydrogen-bond donors (Lipinski definition) is 1. The molecular formula is C17H25NO4S. The Kier molecular flexibility index (Phi) is 8.58. The first-order chi connectivity index (χ1) is 10.9. The highest BCUT2D eigenvalue weighted by Gasteiger charge is 2.14. The van der Waals surface area contributed by atoms with E-state index in [1.165, 1.54) is 0 Å². The van der Waals surface area contributed by atoms with E-state index in [4.69, 9.17) is 4.74 Å². The lowest BCUT2D eigenvalue weighted by atomic mass is 10.2. The van der Waals surface area contributed by atoms with E-state index < -0.39 is 15.9 Å². The fourth-order valence-electron chi connectivity index (χ4n) is 1.95. The summed E-state index contributed by atoms with van der Waals surface area (Å²) < 4.78 is 29.3. The molecule has 0 fully saturated rings. The highest BCUT2D eigenvalue weighted by molar-refractivity contribution is 7.90. The van der Waals surface area contributed by atoms with Crippen molar-refractivity contribution in [3.8, 4) is 0 Å². The first kappa shape index (κ1) is 19.4.